The van der Waals surface area contributed by atoms with Crippen LogP contribution in [0.1, 0.15) is 38.5 Å². The number of ether oxygens (including phenoxy) is 2. The molecule has 0 N–H and O–H groups in total. The fourth-order valence-electron chi connectivity index (χ4n) is 2.03. The minimum Gasteiger partial charge on any atom is -0.421 e. The summed E-state index contributed by atoms with van der Waals surface area (Å²) in [5.41, 5.74) is 2.76. The van der Waals surface area contributed by atoms with Gasteiger partial charge < -0.3 is 9.47 Å². The van der Waals surface area contributed by atoms with Gasteiger partial charge in [-0.1, -0.05) is 68.4 Å². The molecule has 0 saturated carbocycles. The van der Waals surface area contributed by atoms with Gasteiger partial charge in [0.15, 0.2) is 0 Å². The van der Waals surface area contributed by atoms with Crippen molar-refractivity contribution in [1.29, 1.82) is 0 Å². The molecule has 0 spiro atoms. The molecule has 0 amide bonds. The van der Waals surface area contributed by atoms with E-state index in [1.165, 1.54) is 0 Å². The second kappa shape index (κ2) is 8.13. The third kappa shape index (κ3) is 4.68. The first-order valence-corrected chi connectivity index (χ1v) is 7.68. The Morgan fingerprint density at radius 3 is 1.74 bits per heavy atom. The lowest BCUT2D eigenvalue weighted by atomic mass is 10.0. The number of carbonyl (C=O) groups is 2. The Balaban J connectivity index is 2.21. The Bertz CT molecular complexity index is 629. The molecular formula is C19H20O4. The molecule has 0 aromatic heterocycles. The van der Waals surface area contributed by atoms with Crippen molar-refractivity contribution < 1.29 is 19.1 Å². The molecule has 0 saturated heterocycles. The monoisotopic (exact) mass is 312 g/mol. The van der Waals surface area contributed by atoms with Crippen LogP contribution in [-0.2, 0) is 19.1 Å². The van der Waals surface area contributed by atoms with E-state index in [1.54, 1.807) is 26.0 Å². The predicted molar refractivity (Wildman–Crippen MR) is 87.4 cm³/mol. The fraction of sp³-hybridized carbons (Fsp3) is 0.263. The van der Waals surface area contributed by atoms with Crippen LogP contribution in [0.4, 0.5) is 0 Å². The van der Waals surface area contributed by atoms with E-state index < -0.39 is 18.2 Å². The van der Waals surface area contributed by atoms with Crippen molar-refractivity contribution in [3.8, 4) is 11.1 Å². The van der Waals surface area contributed by atoms with Crippen LogP contribution < -0.4 is 0 Å². The van der Waals surface area contributed by atoms with Crippen LogP contribution in [0.25, 0.3) is 11.1 Å². The maximum Gasteiger partial charge on any atom is 0.308 e. The van der Waals surface area contributed by atoms with Crippen molar-refractivity contribution in [1.82, 2.24) is 0 Å². The normalized spacial score (nSPS) is 10.4. The van der Waals surface area contributed by atoms with Crippen molar-refractivity contribution in [3.05, 3.63) is 60.2 Å². The first kappa shape index (κ1) is 16.7. The van der Waals surface area contributed by atoms with Crippen molar-refractivity contribution in [2.24, 2.45) is 0 Å². The van der Waals surface area contributed by atoms with Gasteiger partial charge in [-0.25, -0.2) is 0 Å². The fourth-order valence-corrected chi connectivity index (χ4v) is 2.03. The number of hydrogen-bond donors (Lipinski definition) is 0. The molecule has 23 heavy (non-hydrogen) atoms. The quantitative estimate of drug-likeness (QED) is 0.591. The third-order valence-corrected chi connectivity index (χ3v) is 3.34. The Labute approximate surface area is 136 Å². The smallest absolute Gasteiger partial charge is 0.308 e. The maximum absolute atomic E-state index is 11.5. The standard InChI is InChI=1S/C19H20O4/c1-3-17(20)22-19(23-18(21)4-2)16-12-10-15(11-13-16)14-8-6-5-7-9-14/h5-13,19H,3-4H2,1-2H3. The zero-order valence-corrected chi connectivity index (χ0v) is 13.3. The summed E-state index contributed by atoms with van der Waals surface area (Å²) in [6.07, 6.45) is -0.551. The van der Waals surface area contributed by atoms with E-state index in [9.17, 15) is 9.59 Å². The topological polar surface area (TPSA) is 52.6 Å². The highest BCUT2D eigenvalue weighted by Crippen LogP contribution is 2.25. The number of esters is 2. The van der Waals surface area contributed by atoms with Crippen LogP contribution in [0.5, 0.6) is 0 Å². The van der Waals surface area contributed by atoms with E-state index >= 15 is 0 Å². The van der Waals surface area contributed by atoms with Crippen molar-refractivity contribution in [2.75, 3.05) is 0 Å². The summed E-state index contributed by atoms with van der Waals surface area (Å²) < 4.78 is 10.4. The lowest BCUT2D eigenvalue weighted by Crippen LogP contribution is -2.17. The van der Waals surface area contributed by atoms with E-state index in [2.05, 4.69) is 0 Å². The van der Waals surface area contributed by atoms with Crippen LogP contribution in [0.3, 0.4) is 0 Å². The number of rotatable bonds is 6. The second-order valence-electron chi connectivity index (χ2n) is 5.01. The molecule has 0 fully saturated rings. The van der Waals surface area contributed by atoms with Gasteiger partial charge in [0.1, 0.15) is 0 Å². The van der Waals surface area contributed by atoms with Gasteiger partial charge in [0.05, 0.1) is 0 Å². The van der Waals surface area contributed by atoms with Crippen LogP contribution in [-0.4, -0.2) is 11.9 Å². The summed E-state index contributed by atoms with van der Waals surface area (Å²) in [7, 11) is 0. The second-order valence-corrected chi connectivity index (χ2v) is 5.01. The molecule has 0 aliphatic carbocycles. The molecule has 2 aromatic carbocycles. The van der Waals surface area contributed by atoms with Gasteiger partial charge in [0, 0.05) is 18.4 Å². The molecular weight excluding hydrogens is 292 g/mol. The molecule has 0 atom stereocenters. The molecule has 0 unspecified atom stereocenters. The molecule has 0 heterocycles. The van der Waals surface area contributed by atoms with Gasteiger partial charge in [0.2, 0.25) is 0 Å². The first-order chi connectivity index (χ1) is 11.1. The molecule has 4 nitrogen and oxygen atoms in total. The average Bonchev–Trinajstić information content (AvgIpc) is 2.61. The maximum atomic E-state index is 11.5. The molecule has 120 valence electrons. The molecule has 4 heteroatoms. The molecule has 0 radical (unpaired) electrons. The minimum absolute atomic E-state index is 0.224. The largest absolute Gasteiger partial charge is 0.421 e. The number of hydrogen-bond acceptors (Lipinski definition) is 4. The highest BCUT2D eigenvalue weighted by Gasteiger charge is 2.19. The minimum atomic E-state index is -1.00. The first-order valence-electron chi connectivity index (χ1n) is 7.68. The van der Waals surface area contributed by atoms with Crippen molar-refractivity contribution >= 4 is 11.9 Å². The van der Waals surface area contributed by atoms with E-state index in [0.717, 1.165) is 11.1 Å². The number of carbonyl (C=O) groups excluding carboxylic acids is 2. The zero-order chi connectivity index (χ0) is 16.7. The molecule has 2 rings (SSSR count). The van der Waals surface area contributed by atoms with Crippen LogP contribution in [0, 0.1) is 0 Å². The molecule has 2 aromatic rings. The molecule has 0 bridgehead atoms. The van der Waals surface area contributed by atoms with E-state index in [0.29, 0.717) is 5.56 Å². The van der Waals surface area contributed by atoms with Gasteiger partial charge in [-0.2, -0.15) is 0 Å². The Hall–Kier alpha value is -2.62. The summed E-state index contributed by atoms with van der Waals surface area (Å²) in [4.78, 5) is 23.1. The highest BCUT2D eigenvalue weighted by molar-refractivity contribution is 5.71. The Morgan fingerprint density at radius 1 is 0.783 bits per heavy atom. The van der Waals surface area contributed by atoms with Gasteiger partial charge >= 0.3 is 11.9 Å². The molecule has 0 aliphatic heterocycles. The Kier molecular flexibility index (Phi) is 5.92. The summed E-state index contributed by atoms with van der Waals surface area (Å²) in [6.45, 7) is 3.39. The van der Waals surface area contributed by atoms with E-state index in [4.69, 9.17) is 9.47 Å². The van der Waals surface area contributed by atoms with E-state index in [-0.39, 0.29) is 12.8 Å². The predicted octanol–water partition coefficient (Wildman–Crippen LogP) is 4.26. The zero-order valence-electron chi connectivity index (χ0n) is 13.3. The SMILES string of the molecule is CCC(=O)OC(OC(=O)CC)c1ccc(-c2ccccc2)cc1. The summed E-state index contributed by atoms with van der Waals surface area (Å²) in [5.74, 6) is -0.822. The van der Waals surface area contributed by atoms with Gasteiger partial charge in [-0.15, -0.1) is 0 Å². The van der Waals surface area contributed by atoms with Gasteiger partial charge in [0.25, 0.3) is 6.29 Å². The van der Waals surface area contributed by atoms with Gasteiger partial charge in [-0.3, -0.25) is 9.59 Å². The molecule has 0 aliphatic rings. The number of benzene rings is 2. The van der Waals surface area contributed by atoms with E-state index in [1.807, 2.05) is 42.5 Å². The van der Waals surface area contributed by atoms with Gasteiger partial charge in [-0.05, 0) is 11.1 Å². The lowest BCUT2D eigenvalue weighted by Gasteiger charge is -2.18. The van der Waals surface area contributed by atoms with Crippen LogP contribution >= 0.6 is 0 Å². The third-order valence-electron chi connectivity index (χ3n) is 3.34. The summed E-state index contributed by atoms with van der Waals surface area (Å²) in [5, 5.41) is 0. The summed E-state index contributed by atoms with van der Waals surface area (Å²) in [6, 6.07) is 17.4. The Morgan fingerprint density at radius 2 is 1.26 bits per heavy atom. The van der Waals surface area contributed by atoms with Crippen LogP contribution in [0.2, 0.25) is 0 Å². The van der Waals surface area contributed by atoms with Crippen LogP contribution in [0.15, 0.2) is 54.6 Å². The lowest BCUT2D eigenvalue weighted by molar-refractivity contribution is -0.189. The summed E-state index contributed by atoms with van der Waals surface area (Å²) >= 11 is 0. The van der Waals surface area contributed by atoms with Crippen molar-refractivity contribution in [3.63, 3.8) is 0 Å². The highest BCUT2D eigenvalue weighted by atomic mass is 16.7. The average molecular weight is 312 g/mol. The van der Waals surface area contributed by atoms with Crippen molar-refractivity contribution in [2.45, 2.75) is 33.0 Å².